The fraction of sp³-hybridized carbons (Fsp3) is 0.579. The third-order valence-electron chi connectivity index (χ3n) is 4.91. The molecule has 9 heteroatoms. The molecular weight excluding hydrogens is 380 g/mol. The van der Waals surface area contributed by atoms with Gasteiger partial charge < -0.3 is 10.6 Å². The monoisotopic (exact) mass is 410 g/mol. The molecule has 1 saturated heterocycles. The van der Waals surface area contributed by atoms with Gasteiger partial charge in [-0.2, -0.15) is 4.31 Å². The zero-order chi connectivity index (χ0) is 20.7. The van der Waals surface area contributed by atoms with Crippen molar-refractivity contribution in [1.29, 1.82) is 0 Å². The van der Waals surface area contributed by atoms with E-state index in [0.717, 1.165) is 23.8 Å². The number of likely N-dealkylation sites (N-methyl/N-ethyl adjacent to an activating group) is 1. The molecular formula is C19H30N4O4S. The molecule has 0 aliphatic carbocycles. The number of anilines is 1. The third-order valence-corrected chi connectivity index (χ3v) is 6.73. The smallest absolute Gasteiger partial charge is 0.243 e. The van der Waals surface area contributed by atoms with Crippen molar-refractivity contribution < 1.29 is 18.0 Å². The molecule has 1 fully saturated rings. The number of amides is 2. The van der Waals surface area contributed by atoms with Gasteiger partial charge in [0.05, 0.1) is 11.4 Å². The molecule has 1 unspecified atom stereocenters. The van der Waals surface area contributed by atoms with Gasteiger partial charge in [-0.25, -0.2) is 8.42 Å². The van der Waals surface area contributed by atoms with Crippen LogP contribution in [0.5, 0.6) is 0 Å². The molecule has 1 aromatic rings. The number of rotatable bonds is 9. The second-order valence-corrected chi connectivity index (χ2v) is 9.12. The first-order valence-corrected chi connectivity index (χ1v) is 11.0. The summed E-state index contributed by atoms with van der Waals surface area (Å²) in [6.45, 7) is 5.86. The number of nitrogens with zero attached hydrogens (tertiary/aromatic N) is 2. The second-order valence-electron chi connectivity index (χ2n) is 7.08. The molecule has 156 valence electrons. The van der Waals surface area contributed by atoms with E-state index in [4.69, 9.17) is 0 Å². The van der Waals surface area contributed by atoms with Crippen molar-refractivity contribution in [3.05, 3.63) is 24.3 Å². The maximum Gasteiger partial charge on any atom is 0.243 e. The van der Waals surface area contributed by atoms with Crippen molar-refractivity contribution in [3.63, 3.8) is 0 Å². The van der Waals surface area contributed by atoms with E-state index in [0.29, 0.717) is 12.2 Å². The number of hydrogen-bond acceptors (Lipinski definition) is 5. The van der Waals surface area contributed by atoms with Crippen LogP contribution in [0.2, 0.25) is 0 Å². The predicted octanol–water partition coefficient (Wildman–Crippen LogP) is 1.26. The van der Waals surface area contributed by atoms with Gasteiger partial charge in [0, 0.05) is 32.2 Å². The van der Waals surface area contributed by atoms with E-state index in [-0.39, 0.29) is 29.3 Å². The Hall–Kier alpha value is -1.97. The van der Waals surface area contributed by atoms with Crippen molar-refractivity contribution in [2.45, 2.75) is 44.0 Å². The summed E-state index contributed by atoms with van der Waals surface area (Å²) in [5.74, 6) is -0.553. The lowest BCUT2D eigenvalue weighted by Crippen LogP contribution is -2.45. The number of nitrogens with one attached hydrogen (secondary N) is 2. The van der Waals surface area contributed by atoms with Crippen LogP contribution in [-0.4, -0.2) is 68.7 Å². The Bertz CT molecular complexity index is 774. The number of benzene rings is 1. The van der Waals surface area contributed by atoms with Crippen molar-refractivity contribution >= 4 is 27.5 Å². The van der Waals surface area contributed by atoms with Gasteiger partial charge in [-0.3, -0.25) is 14.5 Å². The summed E-state index contributed by atoms with van der Waals surface area (Å²) in [5.41, 5.74) is 0.513. The largest absolute Gasteiger partial charge is 0.353 e. The Morgan fingerprint density at radius 3 is 2.32 bits per heavy atom. The normalized spacial score (nSPS) is 16.1. The highest BCUT2D eigenvalue weighted by Crippen LogP contribution is 2.17. The van der Waals surface area contributed by atoms with Crippen LogP contribution in [0.25, 0.3) is 0 Å². The molecule has 8 nitrogen and oxygen atoms in total. The maximum atomic E-state index is 12.7. The molecule has 1 heterocycles. The standard InChI is InChI=1S/C19H30N4O4S/c1-4-17(23-11-5-6-12-23)13-20-19(25)14-22(3)28(26,27)18-9-7-16(8-10-18)21-15(2)24/h7-10,17H,4-6,11-14H2,1-3H3,(H,20,25)(H,21,24). The van der Waals surface area contributed by atoms with Crippen molar-refractivity contribution in [2.75, 3.05) is 38.5 Å². The van der Waals surface area contributed by atoms with Gasteiger partial charge in [-0.1, -0.05) is 6.92 Å². The second kappa shape index (κ2) is 9.99. The maximum absolute atomic E-state index is 12.7. The van der Waals surface area contributed by atoms with Crippen LogP contribution in [0, 0.1) is 0 Å². The Morgan fingerprint density at radius 2 is 1.79 bits per heavy atom. The molecule has 2 N–H and O–H groups in total. The molecule has 28 heavy (non-hydrogen) atoms. The third kappa shape index (κ3) is 6.02. The lowest BCUT2D eigenvalue weighted by Gasteiger charge is -2.27. The Balaban J connectivity index is 1.91. The van der Waals surface area contributed by atoms with Crippen LogP contribution < -0.4 is 10.6 Å². The Labute approximate surface area is 167 Å². The van der Waals surface area contributed by atoms with Gasteiger partial charge in [0.25, 0.3) is 0 Å². The van der Waals surface area contributed by atoms with Gasteiger partial charge >= 0.3 is 0 Å². The van der Waals surface area contributed by atoms with Crippen molar-refractivity contribution in [1.82, 2.24) is 14.5 Å². The average molecular weight is 411 g/mol. The topological polar surface area (TPSA) is 98.8 Å². The van der Waals surface area contributed by atoms with Gasteiger partial charge in [-0.15, -0.1) is 0 Å². The number of carbonyl (C=O) groups excluding carboxylic acids is 2. The van der Waals surface area contributed by atoms with E-state index in [1.807, 2.05) is 0 Å². The Morgan fingerprint density at radius 1 is 1.18 bits per heavy atom. The van der Waals surface area contributed by atoms with E-state index >= 15 is 0 Å². The highest BCUT2D eigenvalue weighted by molar-refractivity contribution is 7.89. The minimum Gasteiger partial charge on any atom is -0.353 e. The number of likely N-dealkylation sites (tertiary alicyclic amines) is 1. The van der Waals surface area contributed by atoms with E-state index in [1.165, 1.54) is 51.1 Å². The number of sulfonamides is 1. The molecule has 0 radical (unpaired) electrons. The van der Waals surface area contributed by atoms with Crippen LogP contribution >= 0.6 is 0 Å². The van der Waals surface area contributed by atoms with Crippen molar-refractivity contribution in [3.8, 4) is 0 Å². The minimum atomic E-state index is -3.79. The first-order chi connectivity index (χ1) is 13.2. The summed E-state index contributed by atoms with van der Waals surface area (Å²) in [5, 5.41) is 5.45. The molecule has 0 bridgehead atoms. The summed E-state index contributed by atoms with van der Waals surface area (Å²) in [6.07, 6.45) is 3.31. The van der Waals surface area contributed by atoms with Crippen LogP contribution in [0.3, 0.4) is 0 Å². The molecule has 0 spiro atoms. The summed E-state index contributed by atoms with van der Waals surface area (Å²) in [7, 11) is -2.41. The molecule has 0 saturated carbocycles. The van der Waals surface area contributed by atoms with Crippen molar-refractivity contribution in [2.24, 2.45) is 0 Å². The zero-order valence-electron chi connectivity index (χ0n) is 16.8. The van der Waals surface area contributed by atoms with Gasteiger partial charge in [0.15, 0.2) is 0 Å². The van der Waals surface area contributed by atoms with Crippen LogP contribution in [0.15, 0.2) is 29.2 Å². The predicted molar refractivity (Wildman–Crippen MR) is 108 cm³/mol. The van der Waals surface area contributed by atoms with E-state index in [9.17, 15) is 18.0 Å². The molecule has 2 rings (SSSR count). The SMILES string of the molecule is CCC(CNC(=O)CN(C)S(=O)(=O)c1ccc(NC(C)=O)cc1)N1CCCC1. The highest BCUT2D eigenvalue weighted by atomic mass is 32.2. The molecule has 1 aromatic carbocycles. The zero-order valence-corrected chi connectivity index (χ0v) is 17.6. The summed E-state index contributed by atoms with van der Waals surface area (Å²) in [6, 6.07) is 6.15. The summed E-state index contributed by atoms with van der Waals surface area (Å²) in [4.78, 5) is 25.8. The Kier molecular flexibility index (Phi) is 7.97. The van der Waals surface area contributed by atoms with Crippen LogP contribution in [-0.2, 0) is 19.6 Å². The van der Waals surface area contributed by atoms with Gasteiger partial charge in [-0.05, 0) is 56.6 Å². The fourth-order valence-corrected chi connectivity index (χ4v) is 4.43. The highest BCUT2D eigenvalue weighted by Gasteiger charge is 2.24. The van der Waals surface area contributed by atoms with E-state index in [1.54, 1.807) is 0 Å². The lowest BCUT2D eigenvalue weighted by molar-refractivity contribution is -0.121. The molecule has 2 amide bonds. The molecule has 1 aliphatic heterocycles. The minimum absolute atomic E-state index is 0.0698. The summed E-state index contributed by atoms with van der Waals surface area (Å²) >= 11 is 0. The summed E-state index contributed by atoms with van der Waals surface area (Å²) < 4.78 is 26.3. The van der Waals surface area contributed by atoms with E-state index < -0.39 is 10.0 Å². The number of carbonyl (C=O) groups is 2. The molecule has 0 aromatic heterocycles. The quantitative estimate of drug-likeness (QED) is 0.639. The van der Waals surface area contributed by atoms with Gasteiger partial charge in [0.1, 0.15) is 0 Å². The van der Waals surface area contributed by atoms with Crippen LogP contribution in [0.4, 0.5) is 5.69 Å². The average Bonchev–Trinajstić information content (AvgIpc) is 3.16. The van der Waals surface area contributed by atoms with E-state index in [2.05, 4.69) is 22.5 Å². The van der Waals surface area contributed by atoms with Crippen LogP contribution in [0.1, 0.15) is 33.1 Å². The molecule has 1 aliphatic rings. The molecule has 1 atom stereocenters. The lowest BCUT2D eigenvalue weighted by atomic mass is 10.2. The first kappa shape index (κ1) is 22.3. The fourth-order valence-electron chi connectivity index (χ4n) is 3.31. The first-order valence-electron chi connectivity index (χ1n) is 9.58. The van der Waals surface area contributed by atoms with Gasteiger partial charge in [0.2, 0.25) is 21.8 Å². The number of hydrogen-bond donors (Lipinski definition) is 2.